The SMILES string of the molecule is CCCCC/C=C\C/C=C\C/C=C\C/C=C\CCCC(=O)OC[C@H](COP(=O)(O)OC[C@@H](O)COP(=O)(O)OC[C@@H](COC(=O)CCCCCCC/C=C\C=C/CCCCCC)OC(=O)CCCCCCC/C=C\CCCCCCCC)OC(=O)CCCCCCC/C=C\CCCCCCCC. The van der Waals surface area contributed by atoms with Gasteiger partial charge in [0.15, 0.2) is 12.2 Å². The van der Waals surface area contributed by atoms with E-state index in [4.69, 9.17) is 37.0 Å². The van der Waals surface area contributed by atoms with Crippen LogP contribution in [0.15, 0.2) is 97.2 Å². The molecule has 0 aromatic carbocycles. The van der Waals surface area contributed by atoms with Crippen LogP contribution in [0.2, 0.25) is 0 Å². The molecular formula is C83H146O17P2. The average molecular weight is 1480 g/mol. The number of allylic oxidation sites excluding steroid dienone is 16. The molecule has 2 unspecified atom stereocenters. The minimum atomic E-state index is -4.99. The van der Waals surface area contributed by atoms with Crippen molar-refractivity contribution in [3.05, 3.63) is 97.2 Å². The molecule has 102 heavy (non-hydrogen) atoms. The molecular weight excluding hydrogens is 1330 g/mol. The summed E-state index contributed by atoms with van der Waals surface area (Å²) in [6.07, 6.45) is 79.6. The summed E-state index contributed by atoms with van der Waals surface area (Å²) in [4.78, 5) is 73.0. The van der Waals surface area contributed by atoms with E-state index < -0.39 is 97.5 Å². The van der Waals surface area contributed by atoms with Gasteiger partial charge in [0.1, 0.15) is 19.3 Å². The van der Waals surface area contributed by atoms with Crippen LogP contribution in [0.5, 0.6) is 0 Å². The minimum Gasteiger partial charge on any atom is -0.462 e. The van der Waals surface area contributed by atoms with Crippen molar-refractivity contribution < 1.29 is 80.2 Å². The molecule has 0 bridgehead atoms. The number of hydrogen-bond acceptors (Lipinski definition) is 15. The lowest BCUT2D eigenvalue weighted by molar-refractivity contribution is -0.161. The van der Waals surface area contributed by atoms with Crippen molar-refractivity contribution >= 4 is 39.5 Å². The Kier molecular flexibility index (Phi) is 72.3. The lowest BCUT2D eigenvalue weighted by atomic mass is 10.1. The summed E-state index contributed by atoms with van der Waals surface area (Å²) in [5.74, 6) is -2.26. The third-order valence-electron chi connectivity index (χ3n) is 17.0. The van der Waals surface area contributed by atoms with E-state index in [-0.39, 0.29) is 25.7 Å². The van der Waals surface area contributed by atoms with Gasteiger partial charge in [0.05, 0.1) is 26.4 Å². The molecule has 5 atom stereocenters. The van der Waals surface area contributed by atoms with Crippen molar-refractivity contribution in [3.63, 3.8) is 0 Å². The lowest BCUT2D eigenvalue weighted by Crippen LogP contribution is -2.30. The van der Waals surface area contributed by atoms with Gasteiger partial charge in [-0.2, -0.15) is 0 Å². The van der Waals surface area contributed by atoms with Gasteiger partial charge in [-0.1, -0.05) is 279 Å². The van der Waals surface area contributed by atoms with Crippen LogP contribution in [0.3, 0.4) is 0 Å². The average Bonchev–Trinajstić information content (AvgIpc) is 0.923. The summed E-state index contributed by atoms with van der Waals surface area (Å²) in [5, 5.41) is 10.6. The van der Waals surface area contributed by atoms with Gasteiger partial charge in [0.2, 0.25) is 0 Å². The smallest absolute Gasteiger partial charge is 0.462 e. The van der Waals surface area contributed by atoms with E-state index in [0.29, 0.717) is 32.1 Å². The van der Waals surface area contributed by atoms with Gasteiger partial charge in [-0.05, 0) is 141 Å². The molecule has 0 amide bonds. The number of carbonyl (C=O) groups excluding carboxylic acids is 4. The Bertz CT molecular complexity index is 2310. The molecule has 0 rings (SSSR count). The highest BCUT2D eigenvalue weighted by Gasteiger charge is 2.30. The van der Waals surface area contributed by atoms with Crippen LogP contribution in [-0.4, -0.2) is 96.7 Å². The number of aliphatic hydroxyl groups is 1. The van der Waals surface area contributed by atoms with Crippen LogP contribution in [0.4, 0.5) is 0 Å². The summed E-state index contributed by atoms with van der Waals surface area (Å²) in [5.41, 5.74) is 0. The second-order valence-corrected chi connectivity index (χ2v) is 29.9. The first-order valence-electron chi connectivity index (χ1n) is 40.5. The number of phosphoric acid groups is 2. The Morgan fingerprint density at radius 1 is 0.284 bits per heavy atom. The number of unbranched alkanes of at least 4 members (excludes halogenated alkanes) is 35. The molecule has 0 aliphatic rings. The largest absolute Gasteiger partial charge is 0.472 e. The predicted octanol–water partition coefficient (Wildman–Crippen LogP) is 23.6. The maximum atomic E-state index is 13.1. The van der Waals surface area contributed by atoms with Crippen LogP contribution >= 0.6 is 15.6 Å². The van der Waals surface area contributed by atoms with E-state index in [0.717, 1.165) is 141 Å². The van der Waals surface area contributed by atoms with E-state index in [1.165, 1.54) is 122 Å². The molecule has 0 aliphatic carbocycles. The third kappa shape index (κ3) is 74.3. The normalized spacial score (nSPS) is 14.4. The van der Waals surface area contributed by atoms with Gasteiger partial charge in [-0.25, -0.2) is 9.13 Å². The fourth-order valence-corrected chi connectivity index (χ4v) is 12.4. The predicted molar refractivity (Wildman–Crippen MR) is 418 cm³/mol. The standard InChI is InChI=1S/C83H146O17P2/c1-5-9-13-17-21-25-29-33-37-38-42-44-48-52-56-60-64-68-81(86)94-74-79(100-83(88)70-66-62-58-54-50-46-41-36-32-28-24-20-16-12-8-4)76-98-102(91,92)96-72-77(84)71-95-101(89,90)97-75-78(99-82(87)69-65-61-57-53-49-45-40-35-31-27-23-19-15-11-7-3)73-93-80(85)67-63-59-55-51-47-43-39-34-30-26-22-18-14-10-6-2/h21,25-26,30,33-37,39-42,44,52,56,77-79,84H,5-20,22-24,27-29,31-32,38,43,45-51,53-55,57-76H2,1-4H3,(H,89,90)(H,91,92)/b25-21-,30-26-,37-33-,39-34-,40-35-,41-36-,44-42-,56-52-/t77-,78+,79+/m0/s1. The van der Waals surface area contributed by atoms with E-state index in [1.54, 1.807) is 0 Å². The summed E-state index contributed by atoms with van der Waals surface area (Å²) >= 11 is 0. The lowest BCUT2D eigenvalue weighted by Gasteiger charge is -2.21. The van der Waals surface area contributed by atoms with Crippen LogP contribution < -0.4 is 0 Å². The number of esters is 4. The van der Waals surface area contributed by atoms with Gasteiger partial charge < -0.3 is 33.8 Å². The second kappa shape index (κ2) is 75.2. The Hall–Kier alpha value is -4.02. The first-order chi connectivity index (χ1) is 49.7. The summed E-state index contributed by atoms with van der Waals surface area (Å²) < 4.78 is 68.6. The van der Waals surface area contributed by atoms with E-state index in [2.05, 4.69) is 113 Å². The molecule has 0 saturated carbocycles. The van der Waals surface area contributed by atoms with Crippen molar-refractivity contribution in [2.75, 3.05) is 39.6 Å². The number of carbonyl (C=O) groups is 4. The Morgan fingerprint density at radius 3 is 0.873 bits per heavy atom. The van der Waals surface area contributed by atoms with E-state index in [9.17, 15) is 43.2 Å². The van der Waals surface area contributed by atoms with Gasteiger partial charge in [-0.15, -0.1) is 0 Å². The minimum absolute atomic E-state index is 0.0735. The van der Waals surface area contributed by atoms with Gasteiger partial charge in [0.25, 0.3) is 0 Å². The fourth-order valence-electron chi connectivity index (χ4n) is 10.8. The zero-order valence-electron chi connectivity index (χ0n) is 64.5. The highest BCUT2D eigenvalue weighted by atomic mass is 31.2. The zero-order valence-corrected chi connectivity index (χ0v) is 66.3. The summed E-state index contributed by atoms with van der Waals surface area (Å²) in [6.45, 7) is 4.76. The molecule has 3 N–H and O–H groups in total. The van der Waals surface area contributed by atoms with Crippen molar-refractivity contribution in [1.82, 2.24) is 0 Å². The summed E-state index contributed by atoms with van der Waals surface area (Å²) in [6, 6.07) is 0. The highest BCUT2D eigenvalue weighted by Crippen LogP contribution is 2.45. The first-order valence-corrected chi connectivity index (χ1v) is 43.5. The van der Waals surface area contributed by atoms with Crippen molar-refractivity contribution in [1.29, 1.82) is 0 Å². The molecule has 0 radical (unpaired) electrons. The van der Waals surface area contributed by atoms with E-state index in [1.807, 2.05) is 12.2 Å². The number of ether oxygens (including phenoxy) is 4. The van der Waals surface area contributed by atoms with Crippen molar-refractivity contribution in [2.24, 2.45) is 0 Å². The topological polar surface area (TPSA) is 237 Å². The second-order valence-electron chi connectivity index (χ2n) is 27.0. The molecule has 0 heterocycles. The van der Waals surface area contributed by atoms with Crippen molar-refractivity contribution in [3.8, 4) is 0 Å². The van der Waals surface area contributed by atoms with Gasteiger partial charge in [-0.3, -0.25) is 37.3 Å². The van der Waals surface area contributed by atoms with E-state index >= 15 is 0 Å². The molecule has 0 aromatic heterocycles. The molecule has 0 spiro atoms. The molecule has 0 aliphatic heterocycles. The van der Waals surface area contributed by atoms with Gasteiger partial charge in [0, 0.05) is 25.7 Å². The molecule has 590 valence electrons. The third-order valence-corrected chi connectivity index (χ3v) is 18.9. The molecule has 0 aromatic rings. The maximum Gasteiger partial charge on any atom is 0.472 e. The Balaban J connectivity index is 5.42. The molecule has 19 heteroatoms. The molecule has 0 fully saturated rings. The maximum absolute atomic E-state index is 13.1. The Labute approximate surface area is 620 Å². The number of rotatable bonds is 76. The summed E-state index contributed by atoms with van der Waals surface area (Å²) in [7, 11) is -9.97. The van der Waals surface area contributed by atoms with Crippen LogP contribution in [-0.2, 0) is 65.4 Å². The Morgan fingerprint density at radius 2 is 0.520 bits per heavy atom. The van der Waals surface area contributed by atoms with Crippen LogP contribution in [0.1, 0.15) is 349 Å². The molecule has 17 nitrogen and oxygen atoms in total. The zero-order chi connectivity index (χ0) is 74.6. The monoisotopic (exact) mass is 1480 g/mol. The number of hydrogen-bond donors (Lipinski definition) is 3. The van der Waals surface area contributed by atoms with Crippen LogP contribution in [0.25, 0.3) is 0 Å². The fraction of sp³-hybridized carbons (Fsp3) is 0.759. The molecule has 0 saturated heterocycles. The first kappa shape index (κ1) is 98.0. The quantitative estimate of drug-likeness (QED) is 0.0128. The van der Waals surface area contributed by atoms with Crippen molar-refractivity contribution in [2.45, 2.75) is 367 Å². The van der Waals surface area contributed by atoms with Crippen LogP contribution in [0, 0.1) is 0 Å². The highest BCUT2D eigenvalue weighted by molar-refractivity contribution is 7.47. The number of phosphoric ester groups is 2. The number of aliphatic hydroxyl groups excluding tert-OH is 1. The van der Waals surface area contributed by atoms with Gasteiger partial charge >= 0.3 is 39.5 Å².